The first-order chi connectivity index (χ1) is 27.4. The van der Waals surface area contributed by atoms with Gasteiger partial charge in [-0.25, -0.2) is 9.29 Å². The SMILES string of the molecule is CN(C)c1ccc(N=Nc2ccc(N3C(=O)C4CC=C5C(CC6C(=O)N(c7ccc(F)c(Cl)c7)C(=O)C6(C)C5c5ccc(O)c6ccccc56)C4C3=O)cc2)cc1. The van der Waals surface area contributed by atoms with E-state index in [0.717, 1.165) is 27.8 Å². The number of fused-ring (bicyclic) bond motifs is 5. The highest BCUT2D eigenvalue weighted by atomic mass is 35.5. The average molecular weight is 782 g/mol. The quantitative estimate of drug-likeness (QED) is 0.104. The van der Waals surface area contributed by atoms with Crippen molar-refractivity contribution in [3.05, 3.63) is 131 Å². The molecule has 10 nitrogen and oxygen atoms in total. The van der Waals surface area contributed by atoms with Gasteiger partial charge in [0.2, 0.25) is 23.6 Å². The van der Waals surface area contributed by atoms with Crippen molar-refractivity contribution < 1.29 is 28.7 Å². The van der Waals surface area contributed by atoms with Crippen molar-refractivity contribution >= 4 is 74.4 Å². The molecule has 5 aromatic carbocycles. The van der Waals surface area contributed by atoms with E-state index < -0.39 is 52.6 Å². The van der Waals surface area contributed by atoms with Gasteiger partial charge in [0, 0.05) is 31.1 Å². The number of halogens is 2. The summed E-state index contributed by atoms with van der Waals surface area (Å²) in [7, 11) is 3.91. The van der Waals surface area contributed by atoms with E-state index in [1.165, 1.54) is 17.0 Å². The van der Waals surface area contributed by atoms with Crippen LogP contribution in [-0.2, 0) is 19.2 Å². The smallest absolute Gasteiger partial charge is 0.241 e. The van der Waals surface area contributed by atoms with Gasteiger partial charge in [0.25, 0.3) is 0 Å². The molecule has 1 saturated carbocycles. The molecule has 2 aliphatic heterocycles. The number of amides is 4. The maximum Gasteiger partial charge on any atom is 0.241 e. The zero-order chi connectivity index (χ0) is 39.9. The van der Waals surface area contributed by atoms with Gasteiger partial charge in [-0.05, 0) is 109 Å². The number of benzene rings is 5. The van der Waals surface area contributed by atoms with Gasteiger partial charge in [0.15, 0.2) is 0 Å². The third kappa shape index (κ3) is 5.58. The molecule has 6 unspecified atom stereocenters. The van der Waals surface area contributed by atoms with E-state index in [9.17, 15) is 28.7 Å². The van der Waals surface area contributed by atoms with Gasteiger partial charge in [-0.2, -0.15) is 10.2 Å². The summed E-state index contributed by atoms with van der Waals surface area (Å²) in [4.78, 5) is 62.6. The Hall–Kier alpha value is -6.20. The van der Waals surface area contributed by atoms with Crippen LogP contribution in [0.3, 0.4) is 0 Å². The lowest BCUT2D eigenvalue weighted by atomic mass is 9.51. The molecule has 2 aliphatic carbocycles. The number of carbonyl (C=O) groups is 4. The zero-order valence-corrected chi connectivity index (χ0v) is 32.0. The summed E-state index contributed by atoms with van der Waals surface area (Å²) in [6.07, 6.45) is 2.40. The van der Waals surface area contributed by atoms with E-state index in [1.807, 2.05) is 67.5 Å². The van der Waals surface area contributed by atoms with Crippen molar-refractivity contribution in [3.8, 4) is 5.75 Å². The summed E-state index contributed by atoms with van der Waals surface area (Å²) in [6, 6.07) is 28.8. The van der Waals surface area contributed by atoms with Crippen LogP contribution in [0.25, 0.3) is 10.8 Å². The molecule has 9 rings (SSSR count). The molecule has 4 aliphatic rings. The van der Waals surface area contributed by atoms with Crippen LogP contribution in [0.4, 0.5) is 32.8 Å². The number of allylic oxidation sites excluding steroid dienone is 2. The zero-order valence-electron chi connectivity index (χ0n) is 31.3. The second-order valence-corrected chi connectivity index (χ2v) is 16.0. The second-order valence-electron chi connectivity index (χ2n) is 15.6. The van der Waals surface area contributed by atoms with Crippen molar-refractivity contribution in [1.29, 1.82) is 0 Å². The molecule has 286 valence electrons. The number of imide groups is 2. The minimum atomic E-state index is -1.34. The Bertz CT molecular complexity index is 2590. The molecule has 4 amide bonds. The number of aromatic hydroxyl groups is 1. The van der Waals surface area contributed by atoms with Crippen LogP contribution in [-0.4, -0.2) is 42.8 Å². The molecule has 0 radical (unpaired) electrons. The molecule has 2 saturated heterocycles. The summed E-state index contributed by atoms with van der Waals surface area (Å²) < 4.78 is 14.3. The Morgan fingerprint density at radius 1 is 0.772 bits per heavy atom. The van der Waals surface area contributed by atoms with Crippen LogP contribution in [0.5, 0.6) is 5.75 Å². The van der Waals surface area contributed by atoms with E-state index in [0.29, 0.717) is 27.8 Å². The van der Waals surface area contributed by atoms with Crippen molar-refractivity contribution in [2.45, 2.75) is 25.7 Å². The Morgan fingerprint density at radius 2 is 1.42 bits per heavy atom. The van der Waals surface area contributed by atoms with Crippen molar-refractivity contribution in [3.63, 3.8) is 0 Å². The third-order valence-electron chi connectivity index (χ3n) is 12.4. The van der Waals surface area contributed by atoms with Crippen molar-refractivity contribution in [2.75, 3.05) is 28.8 Å². The summed E-state index contributed by atoms with van der Waals surface area (Å²) in [5, 5.41) is 20.6. The fourth-order valence-corrected chi connectivity index (χ4v) is 9.82. The molecule has 57 heavy (non-hydrogen) atoms. The highest BCUT2D eigenvalue weighted by molar-refractivity contribution is 6.32. The average Bonchev–Trinajstić information content (AvgIpc) is 3.58. The number of anilines is 3. The van der Waals surface area contributed by atoms with Gasteiger partial charge in [-0.3, -0.25) is 24.1 Å². The predicted molar refractivity (Wildman–Crippen MR) is 216 cm³/mol. The summed E-state index contributed by atoms with van der Waals surface area (Å²) in [6.45, 7) is 1.78. The standard InChI is InChI=1S/C45H37ClFN5O5/c1-45-35(42(55)52(44(45)57)28-16-20-37(47)36(46)22-28)23-34-32(40(45)31-19-21-38(53)30-7-5-4-6-29(30)31)17-18-33-39(34)43(56)51(41(33)54)27-14-10-25(11-15-27)49-48-24-8-12-26(13-9-24)50(2)3/h4-17,19-22,33-35,39-40,53H,18,23H2,1-3H3. The predicted octanol–water partition coefficient (Wildman–Crippen LogP) is 9.25. The molecule has 12 heteroatoms. The molecule has 0 aromatic heterocycles. The molecule has 1 N–H and O–H groups in total. The van der Waals surface area contributed by atoms with Crippen LogP contribution in [0.2, 0.25) is 5.02 Å². The minimum Gasteiger partial charge on any atom is -0.507 e. The Balaban J connectivity index is 1.09. The molecule has 2 heterocycles. The van der Waals surface area contributed by atoms with Crippen LogP contribution in [0.1, 0.15) is 31.2 Å². The van der Waals surface area contributed by atoms with E-state index in [2.05, 4.69) is 10.2 Å². The first-order valence-corrected chi connectivity index (χ1v) is 19.2. The van der Waals surface area contributed by atoms with Gasteiger partial charge in [0.1, 0.15) is 11.6 Å². The fraction of sp³-hybridized carbons (Fsp3) is 0.244. The van der Waals surface area contributed by atoms with Gasteiger partial charge in [-0.15, -0.1) is 0 Å². The number of phenols is 1. The maximum absolute atomic E-state index is 14.8. The van der Waals surface area contributed by atoms with Crippen LogP contribution in [0.15, 0.2) is 125 Å². The van der Waals surface area contributed by atoms with Gasteiger partial charge >= 0.3 is 0 Å². The lowest BCUT2D eigenvalue weighted by Crippen LogP contribution is -2.49. The van der Waals surface area contributed by atoms with Crippen LogP contribution < -0.4 is 14.7 Å². The molecule has 3 fully saturated rings. The second kappa shape index (κ2) is 13.5. The molecular formula is C45H37ClFN5O5. The van der Waals surface area contributed by atoms with Gasteiger partial charge in [0.05, 0.1) is 50.9 Å². The summed E-state index contributed by atoms with van der Waals surface area (Å²) >= 11 is 6.15. The number of carbonyl (C=O) groups excluding carboxylic acids is 4. The molecule has 0 spiro atoms. The maximum atomic E-state index is 14.8. The topological polar surface area (TPSA) is 123 Å². The third-order valence-corrected chi connectivity index (χ3v) is 12.7. The summed E-state index contributed by atoms with van der Waals surface area (Å²) in [5.74, 6) is -5.87. The Kier molecular flexibility index (Phi) is 8.62. The number of phenolic OH excluding ortho intramolecular Hbond substituents is 1. The summed E-state index contributed by atoms with van der Waals surface area (Å²) in [5.41, 5.74) is 3.01. The number of nitrogens with zero attached hydrogens (tertiary/aromatic N) is 5. The van der Waals surface area contributed by atoms with Gasteiger partial charge in [-0.1, -0.05) is 53.6 Å². The minimum absolute atomic E-state index is 0.0656. The normalized spacial score (nSPS) is 25.6. The first-order valence-electron chi connectivity index (χ1n) is 18.8. The lowest BCUT2D eigenvalue weighted by molar-refractivity contribution is -0.131. The molecule has 5 aromatic rings. The number of rotatable bonds is 6. The van der Waals surface area contributed by atoms with Crippen molar-refractivity contribution in [2.24, 2.45) is 39.3 Å². The molecular weight excluding hydrogens is 745 g/mol. The highest BCUT2D eigenvalue weighted by Gasteiger charge is 2.67. The fourth-order valence-electron chi connectivity index (χ4n) is 9.64. The van der Waals surface area contributed by atoms with Gasteiger partial charge < -0.3 is 10.0 Å². The largest absolute Gasteiger partial charge is 0.507 e. The lowest BCUT2D eigenvalue weighted by Gasteiger charge is -2.49. The van der Waals surface area contributed by atoms with E-state index in [4.69, 9.17) is 11.6 Å². The van der Waals surface area contributed by atoms with Crippen LogP contribution in [0, 0.1) is 34.9 Å². The Morgan fingerprint density at radius 3 is 2.09 bits per heavy atom. The number of azo groups is 1. The number of hydrogen-bond acceptors (Lipinski definition) is 8. The first kappa shape index (κ1) is 36.4. The van der Waals surface area contributed by atoms with E-state index >= 15 is 0 Å². The Labute approximate surface area is 332 Å². The molecule has 6 atom stereocenters. The van der Waals surface area contributed by atoms with E-state index in [-0.39, 0.29) is 41.1 Å². The molecule has 0 bridgehead atoms. The van der Waals surface area contributed by atoms with E-state index in [1.54, 1.807) is 49.4 Å². The number of hydrogen-bond donors (Lipinski definition) is 1. The van der Waals surface area contributed by atoms with Crippen molar-refractivity contribution in [1.82, 2.24) is 0 Å². The highest BCUT2D eigenvalue weighted by Crippen LogP contribution is 2.64. The monoisotopic (exact) mass is 781 g/mol. The van der Waals surface area contributed by atoms with Crippen LogP contribution >= 0.6 is 11.6 Å².